The van der Waals surface area contributed by atoms with Crippen molar-refractivity contribution in [2.45, 2.75) is 26.8 Å². The van der Waals surface area contributed by atoms with E-state index in [1.165, 1.54) is 11.1 Å². The summed E-state index contributed by atoms with van der Waals surface area (Å²) in [5, 5.41) is 0.756. The number of imidazole rings is 1. The standard InChI is InChI=1S/C17H17ClN2/c1-3-10-20-16-11-13(18)8-9-15(16)19-17(20)14-7-5-4-6-12(14)2/h4-9,11H,3,10H2,1-2H3. The van der Waals surface area contributed by atoms with Crippen LogP contribution in [0.5, 0.6) is 0 Å². The molecule has 3 aromatic rings. The molecule has 0 unspecified atom stereocenters. The first-order valence-electron chi connectivity index (χ1n) is 6.92. The van der Waals surface area contributed by atoms with Crippen molar-refractivity contribution in [2.75, 3.05) is 0 Å². The normalized spacial score (nSPS) is 11.2. The summed E-state index contributed by atoms with van der Waals surface area (Å²) in [5.41, 5.74) is 4.54. The Bertz CT molecular complexity index is 759. The van der Waals surface area contributed by atoms with Crippen LogP contribution in [0.1, 0.15) is 18.9 Å². The van der Waals surface area contributed by atoms with Crippen LogP contribution in [0.15, 0.2) is 42.5 Å². The summed E-state index contributed by atoms with van der Waals surface area (Å²) >= 11 is 6.14. The molecule has 0 aliphatic heterocycles. The Morgan fingerprint density at radius 2 is 1.95 bits per heavy atom. The molecule has 3 heteroatoms. The van der Waals surface area contributed by atoms with Crippen LogP contribution in [0.4, 0.5) is 0 Å². The minimum absolute atomic E-state index is 0.756. The molecular weight excluding hydrogens is 268 g/mol. The minimum atomic E-state index is 0.756. The SMILES string of the molecule is CCCn1c(-c2ccccc2C)nc2ccc(Cl)cc21. The Morgan fingerprint density at radius 3 is 2.70 bits per heavy atom. The van der Waals surface area contributed by atoms with Crippen LogP contribution in [0.2, 0.25) is 5.02 Å². The summed E-state index contributed by atoms with van der Waals surface area (Å²) < 4.78 is 2.27. The minimum Gasteiger partial charge on any atom is -0.324 e. The Hall–Kier alpha value is -1.80. The highest BCUT2D eigenvalue weighted by molar-refractivity contribution is 6.31. The van der Waals surface area contributed by atoms with E-state index < -0.39 is 0 Å². The molecule has 0 spiro atoms. The van der Waals surface area contributed by atoms with Gasteiger partial charge in [0, 0.05) is 17.1 Å². The average molecular weight is 285 g/mol. The third-order valence-corrected chi connectivity index (χ3v) is 3.78. The van der Waals surface area contributed by atoms with Gasteiger partial charge in [0.1, 0.15) is 5.82 Å². The lowest BCUT2D eigenvalue weighted by molar-refractivity contribution is 0.704. The van der Waals surface area contributed by atoms with Crippen molar-refractivity contribution in [3.05, 3.63) is 53.1 Å². The predicted molar refractivity (Wildman–Crippen MR) is 85.2 cm³/mol. The van der Waals surface area contributed by atoms with Crippen LogP contribution < -0.4 is 0 Å². The zero-order valence-corrected chi connectivity index (χ0v) is 12.5. The Balaban J connectivity index is 2.30. The molecule has 2 aromatic carbocycles. The van der Waals surface area contributed by atoms with Gasteiger partial charge in [0.25, 0.3) is 0 Å². The molecule has 0 bridgehead atoms. The third-order valence-electron chi connectivity index (χ3n) is 3.54. The largest absolute Gasteiger partial charge is 0.324 e. The molecule has 0 saturated heterocycles. The molecule has 0 saturated carbocycles. The number of benzene rings is 2. The van der Waals surface area contributed by atoms with Gasteiger partial charge >= 0.3 is 0 Å². The maximum atomic E-state index is 6.14. The van der Waals surface area contributed by atoms with Crippen LogP contribution in [0.3, 0.4) is 0 Å². The molecule has 0 atom stereocenters. The van der Waals surface area contributed by atoms with E-state index in [4.69, 9.17) is 16.6 Å². The summed E-state index contributed by atoms with van der Waals surface area (Å²) in [6.45, 7) is 5.25. The van der Waals surface area contributed by atoms with Gasteiger partial charge in [0.15, 0.2) is 0 Å². The number of hydrogen-bond acceptors (Lipinski definition) is 1. The number of aryl methyl sites for hydroxylation is 2. The lowest BCUT2D eigenvalue weighted by atomic mass is 10.1. The van der Waals surface area contributed by atoms with Gasteiger partial charge in [-0.05, 0) is 37.1 Å². The molecule has 0 fully saturated rings. The van der Waals surface area contributed by atoms with Crippen LogP contribution in [0, 0.1) is 6.92 Å². The molecule has 0 aliphatic carbocycles. The Kier molecular flexibility index (Phi) is 3.49. The van der Waals surface area contributed by atoms with Gasteiger partial charge < -0.3 is 4.57 Å². The first kappa shape index (κ1) is 13.2. The molecule has 0 amide bonds. The highest BCUT2D eigenvalue weighted by Gasteiger charge is 2.13. The average Bonchev–Trinajstić information content (AvgIpc) is 2.78. The van der Waals surface area contributed by atoms with Gasteiger partial charge in [-0.3, -0.25) is 0 Å². The van der Waals surface area contributed by atoms with Crippen molar-refractivity contribution in [1.82, 2.24) is 9.55 Å². The summed E-state index contributed by atoms with van der Waals surface area (Å²) in [7, 11) is 0. The lowest BCUT2D eigenvalue weighted by Gasteiger charge is -2.09. The van der Waals surface area contributed by atoms with Crippen LogP contribution in [-0.4, -0.2) is 9.55 Å². The molecule has 3 rings (SSSR count). The quantitative estimate of drug-likeness (QED) is 0.656. The van der Waals surface area contributed by atoms with Gasteiger partial charge in [0.2, 0.25) is 0 Å². The molecule has 1 heterocycles. The first-order chi connectivity index (χ1) is 9.70. The van der Waals surface area contributed by atoms with Gasteiger partial charge in [-0.1, -0.05) is 42.8 Å². The molecule has 0 N–H and O–H groups in total. The Morgan fingerprint density at radius 1 is 1.15 bits per heavy atom. The number of aromatic nitrogens is 2. The maximum Gasteiger partial charge on any atom is 0.141 e. The third kappa shape index (κ3) is 2.20. The lowest BCUT2D eigenvalue weighted by Crippen LogP contribution is -2.00. The predicted octanol–water partition coefficient (Wildman–Crippen LogP) is 5.08. The molecule has 0 radical (unpaired) electrons. The summed E-state index contributed by atoms with van der Waals surface area (Å²) in [6, 6.07) is 14.3. The second-order valence-electron chi connectivity index (χ2n) is 5.04. The highest BCUT2D eigenvalue weighted by Crippen LogP contribution is 2.28. The fourth-order valence-electron chi connectivity index (χ4n) is 2.58. The number of halogens is 1. The van der Waals surface area contributed by atoms with Crippen molar-refractivity contribution in [1.29, 1.82) is 0 Å². The zero-order chi connectivity index (χ0) is 14.1. The zero-order valence-electron chi connectivity index (χ0n) is 11.7. The Labute approximate surface area is 124 Å². The number of nitrogens with zero attached hydrogens (tertiary/aromatic N) is 2. The topological polar surface area (TPSA) is 17.8 Å². The van der Waals surface area contributed by atoms with Crippen molar-refractivity contribution < 1.29 is 0 Å². The van der Waals surface area contributed by atoms with E-state index in [1.807, 2.05) is 18.2 Å². The van der Waals surface area contributed by atoms with Crippen molar-refractivity contribution in [3.8, 4) is 11.4 Å². The van der Waals surface area contributed by atoms with E-state index in [1.54, 1.807) is 0 Å². The van der Waals surface area contributed by atoms with Crippen molar-refractivity contribution >= 4 is 22.6 Å². The van der Waals surface area contributed by atoms with E-state index in [0.29, 0.717) is 0 Å². The van der Waals surface area contributed by atoms with Gasteiger partial charge in [0.05, 0.1) is 11.0 Å². The number of rotatable bonds is 3. The van der Waals surface area contributed by atoms with Gasteiger partial charge in [-0.2, -0.15) is 0 Å². The molecule has 2 nitrogen and oxygen atoms in total. The summed E-state index contributed by atoms with van der Waals surface area (Å²) in [6.07, 6.45) is 1.07. The summed E-state index contributed by atoms with van der Waals surface area (Å²) in [4.78, 5) is 4.81. The number of hydrogen-bond donors (Lipinski definition) is 0. The monoisotopic (exact) mass is 284 g/mol. The molecule has 20 heavy (non-hydrogen) atoms. The highest BCUT2D eigenvalue weighted by atomic mass is 35.5. The van der Waals surface area contributed by atoms with E-state index in [-0.39, 0.29) is 0 Å². The molecule has 102 valence electrons. The van der Waals surface area contributed by atoms with E-state index in [2.05, 4.69) is 42.7 Å². The van der Waals surface area contributed by atoms with Gasteiger partial charge in [-0.15, -0.1) is 0 Å². The number of fused-ring (bicyclic) bond motifs is 1. The van der Waals surface area contributed by atoms with Gasteiger partial charge in [-0.25, -0.2) is 4.98 Å². The first-order valence-corrected chi connectivity index (χ1v) is 7.30. The fraction of sp³-hybridized carbons (Fsp3) is 0.235. The van der Waals surface area contributed by atoms with E-state index >= 15 is 0 Å². The van der Waals surface area contributed by atoms with Crippen LogP contribution >= 0.6 is 11.6 Å². The smallest absolute Gasteiger partial charge is 0.141 e. The van der Waals surface area contributed by atoms with Crippen molar-refractivity contribution in [3.63, 3.8) is 0 Å². The van der Waals surface area contributed by atoms with E-state index in [0.717, 1.165) is 34.8 Å². The van der Waals surface area contributed by atoms with Crippen molar-refractivity contribution in [2.24, 2.45) is 0 Å². The second kappa shape index (κ2) is 5.29. The van der Waals surface area contributed by atoms with E-state index in [9.17, 15) is 0 Å². The summed E-state index contributed by atoms with van der Waals surface area (Å²) in [5.74, 6) is 1.03. The second-order valence-corrected chi connectivity index (χ2v) is 5.47. The fourth-order valence-corrected chi connectivity index (χ4v) is 2.74. The van der Waals surface area contributed by atoms with Crippen LogP contribution in [0.25, 0.3) is 22.4 Å². The molecule has 0 aliphatic rings. The molecular formula is C17H17ClN2. The van der Waals surface area contributed by atoms with Crippen LogP contribution in [-0.2, 0) is 6.54 Å². The molecule has 1 aromatic heterocycles. The maximum absolute atomic E-state index is 6.14.